The number of aryl methyl sites for hydroxylation is 1. The molecule has 0 bridgehead atoms. The molecule has 3 heteroatoms. The van der Waals surface area contributed by atoms with Crippen LogP contribution in [0.3, 0.4) is 0 Å². The normalized spacial score (nSPS) is 12.7. The number of ketones is 2. The molecule has 4 rings (SSSR count). The highest BCUT2D eigenvalue weighted by molar-refractivity contribution is 6.10. The van der Waals surface area contributed by atoms with Crippen LogP contribution < -0.4 is 4.74 Å². The van der Waals surface area contributed by atoms with Crippen molar-refractivity contribution in [3.63, 3.8) is 0 Å². The van der Waals surface area contributed by atoms with Crippen LogP contribution in [0.2, 0.25) is 0 Å². The number of hydrogen-bond donors (Lipinski definition) is 0. The first-order valence-corrected chi connectivity index (χ1v) is 15.0. The van der Waals surface area contributed by atoms with E-state index in [1.54, 1.807) is 0 Å². The lowest BCUT2D eigenvalue weighted by Gasteiger charge is -2.08. The molecule has 0 fully saturated rings. The summed E-state index contributed by atoms with van der Waals surface area (Å²) in [6, 6.07) is 25.0. The Labute approximate surface area is 240 Å². The fourth-order valence-corrected chi connectivity index (χ4v) is 5.09. The van der Waals surface area contributed by atoms with Crippen LogP contribution in [0, 0.1) is 0 Å². The van der Waals surface area contributed by atoms with E-state index in [2.05, 4.69) is 18.2 Å². The first kappa shape index (κ1) is 29.3. The number of Topliss-reactive ketones (excluding diaryl/α,β-unsaturated/α-hetero) is 1. The van der Waals surface area contributed by atoms with E-state index >= 15 is 0 Å². The van der Waals surface area contributed by atoms with Crippen molar-refractivity contribution in [3.8, 4) is 5.75 Å². The molecule has 208 valence electrons. The maximum absolute atomic E-state index is 12.6. The zero-order valence-corrected chi connectivity index (χ0v) is 23.7. The minimum atomic E-state index is 0.0389. The quantitative estimate of drug-likeness (QED) is 0.128. The van der Waals surface area contributed by atoms with Crippen LogP contribution in [0.4, 0.5) is 0 Å². The van der Waals surface area contributed by atoms with Crippen molar-refractivity contribution in [1.29, 1.82) is 0 Å². The first-order chi connectivity index (χ1) is 19.7. The Kier molecular flexibility index (Phi) is 12.0. The molecule has 1 aliphatic rings. The van der Waals surface area contributed by atoms with E-state index in [1.807, 2.05) is 78.9 Å². The van der Waals surface area contributed by atoms with Crippen LogP contribution in [0.15, 0.2) is 103 Å². The van der Waals surface area contributed by atoms with Gasteiger partial charge in [0.25, 0.3) is 0 Å². The van der Waals surface area contributed by atoms with E-state index in [-0.39, 0.29) is 11.6 Å². The van der Waals surface area contributed by atoms with Crippen molar-refractivity contribution in [2.75, 3.05) is 6.61 Å². The predicted octanol–water partition coefficient (Wildman–Crippen LogP) is 9.51. The van der Waals surface area contributed by atoms with Gasteiger partial charge in [0.05, 0.1) is 6.61 Å². The summed E-state index contributed by atoms with van der Waals surface area (Å²) < 4.78 is 5.87. The third kappa shape index (κ3) is 9.48. The molecule has 0 spiro atoms. The highest BCUT2D eigenvalue weighted by Gasteiger charge is 2.11. The SMILES string of the molecule is O=C(C1=CCCC=C1)c1ccc(CCCCCCCCCCCOc2ccc(C(=O)c3ccccc3)cc2)cc1. The van der Waals surface area contributed by atoms with Crippen LogP contribution in [-0.4, -0.2) is 18.2 Å². The van der Waals surface area contributed by atoms with Gasteiger partial charge in [0.15, 0.2) is 11.6 Å². The molecule has 0 unspecified atom stereocenters. The van der Waals surface area contributed by atoms with Crippen molar-refractivity contribution >= 4 is 11.6 Å². The van der Waals surface area contributed by atoms with E-state index in [4.69, 9.17) is 4.74 Å². The second-order valence-electron chi connectivity index (χ2n) is 10.7. The second-order valence-corrected chi connectivity index (χ2v) is 10.7. The van der Waals surface area contributed by atoms with Gasteiger partial charge in [0.1, 0.15) is 5.75 Å². The fraction of sp³-hybridized carbons (Fsp3) is 0.351. The summed E-state index contributed by atoms with van der Waals surface area (Å²) in [5.41, 5.74) is 4.33. The molecule has 0 N–H and O–H groups in total. The molecule has 0 radical (unpaired) electrons. The maximum atomic E-state index is 12.6. The average molecular weight is 535 g/mol. The van der Waals surface area contributed by atoms with Gasteiger partial charge < -0.3 is 4.74 Å². The van der Waals surface area contributed by atoms with Gasteiger partial charge in [-0.2, -0.15) is 0 Å². The van der Waals surface area contributed by atoms with Crippen molar-refractivity contribution in [2.24, 2.45) is 0 Å². The van der Waals surface area contributed by atoms with E-state index < -0.39 is 0 Å². The van der Waals surface area contributed by atoms with Crippen LogP contribution in [-0.2, 0) is 6.42 Å². The Bertz CT molecular complexity index is 1250. The van der Waals surface area contributed by atoms with Gasteiger partial charge in [0, 0.05) is 22.3 Å². The summed E-state index contributed by atoms with van der Waals surface area (Å²) in [5, 5.41) is 0. The van der Waals surface area contributed by atoms with Crippen molar-refractivity contribution in [1.82, 2.24) is 0 Å². The van der Waals surface area contributed by atoms with Gasteiger partial charge in [-0.1, -0.05) is 118 Å². The largest absolute Gasteiger partial charge is 0.494 e. The second kappa shape index (κ2) is 16.4. The molecule has 0 aliphatic heterocycles. The summed E-state index contributed by atoms with van der Waals surface area (Å²) in [6.07, 6.45) is 20.3. The molecule has 0 saturated heterocycles. The van der Waals surface area contributed by atoms with Crippen LogP contribution in [0.5, 0.6) is 5.75 Å². The summed E-state index contributed by atoms with van der Waals surface area (Å²) in [5.74, 6) is 0.999. The topological polar surface area (TPSA) is 43.4 Å². The van der Waals surface area contributed by atoms with Crippen molar-refractivity contribution in [3.05, 3.63) is 125 Å². The van der Waals surface area contributed by atoms with Gasteiger partial charge in [-0.3, -0.25) is 9.59 Å². The van der Waals surface area contributed by atoms with E-state index in [1.165, 1.54) is 56.9 Å². The monoisotopic (exact) mass is 534 g/mol. The molecule has 0 aromatic heterocycles. The smallest absolute Gasteiger partial charge is 0.193 e. The molecule has 3 nitrogen and oxygen atoms in total. The lowest BCUT2D eigenvalue weighted by molar-refractivity contribution is 0.103. The number of rotatable bonds is 17. The summed E-state index contributed by atoms with van der Waals surface area (Å²) in [4.78, 5) is 25.1. The number of hydrogen-bond acceptors (Lipinski definition) is 3. The minimum Gasteiger partial charge on any atom is -0.494 e. The highest BCUT2D eigenvalue weighted by atomic mass is 16.5. The Morgan fingerprint density at radius 2 is 1.15 bits per heavy atom. The summed E-state index contributed by atoms with van der Waals surface area (Å²) >= 11 is 0. The maximum Gasteiger partial charge on any atom is 0.193 e. The molecular formula is C37H42O3. The van der Waals surface area contributed by atoms with E-state index in [0.29, 0.717) is 11.1 Å². The summed E-state index contributed by atoms with van der Waals surface area (Å²) in [7, 11) is 0. The predicted molar refractivity (Wildman–Crippen MR) is 164 cm³/mol. The molecular weight excluding hydrogens is 492 g/mol. The van der Waals surface area contributed by atoms with Crippen LogP contribution in [0.1, 0.15) is 102 Å². The molecule has 40 heavy (non-hydrogen) atoms. The van der Waals surface area contributed by atoms with E-state index in [0.717, 1.165) is 49.2 Å². The Hall–Kier alpha value is -3.72. The third-order valence-electron chi connectivity index (χ3n) is 7.50. The lowest BCUT2D eigenvalue weighted by Crippen LogP contribution is -2.03. The number of ether oxygens (including phenoxy) is 1. The molecule has 0 saturated carbocycles. The van der Waals surface area contributed by atoms with Crippen LogP contribution >= 0.6 is 0 Å². The fourth-order valence-electron chi connectivity index (χ4n) is 5.09. The molecule has 3 aromatic carbocycles. The van der Waals surface area contributed by atoms with Gasteiger partial charge in [0.2, 0.25) is 0 Å². The number of carbonyl (C=O) groups is 2. The Morgan fingerprint density at radius 1 is 0.575 bits per heavy atom. The average Bonchev–Trinajstić information content (AvgIpc) is 3.02. The Morgan fingerprint density at radius 3 is 1.80 bits per heavy atom. The zero-order valence-electron chi connectivity index (χ0n) is 23.7. The number of benzene rings is 3. The van der Waals surface area contributed by atoms with E-state index in [9.17, 15) is 9.59 Å². The third-order valence-corrected chi connectivity index (χ3v) is 7.50. The van der Waals surface area contributed by atoms with Gasteiger partial charge in [-0.15, -0.1) is 0 Å². The summed E-state index contributed by atoms with van der Waals surface area (Å²) in [6.45, 7) is 0.718. The number of allylic oxidation sites excluding steroid dienone is 4. The Balaban J connectivity index is 0.982. The standard InChI is InChI=1S/C37H42O3/c38-36(31-17-11-8-12-18-31)33-23-21-30(22-24-33)16-10-6-4-2-1-3-5-7-15-29-40-35-27-25-34(26-28-35)37(39)32-19-13-9-14-20-32/h9,11,13-14,17-28H,1-8,10,12,15-16,29H2. The molecule has 1 aliphatic carbocycles. The van der Waals surface area contributed by atoms with Gasteiger partial charge >= 0.3 is 0 Å². The van der Waals surface area contributed by atoms with Crippen molar-refractivity contribution < 1.29 is 14.3 Å². The lowest BCUT2D eigenvalue weighted by atomic mass is 9.97. The number of unbranched alkanes of at least 4 members (excludes halogenated alkanes) is 8. The van der Waals surface area contributed by atoms with Crippen LogP contribution in [0.25, 0.3) is 0 Å². The molecule has 0 amide bonds. The highest BCUT2D eigenvalue weighted by Crippen LogP contribution is 2.19. The number of carbonyl (C=O) groups excluding carboxylic acids is 2. The van der Waals surface area contributed by atoms with Gasteiger partial charge in [-0.05, 0) is 61.9 Å². The van der Waals surface area contributed by atoms with Gasteiger partial charge in [-0.25, -0.2) is 0 Å². The zero-order chi connectivity index (χ0) is 27.8. The first-order valence-electron chi connectivity index (χ1n) is 15.0. The van der Waals surface area contributed by atoms with Crippen molar-refractivity contribution in [2.45, 2.75) is 77.0 Å². The minimum absolute atomic E-state index is 0.0389. The molecule has 0 atom stereocenters. The molecule has 0 heterocycles. The molecule has 3 aromatic rings.